The molecule has 2 heterocycles. The predicted molar refractivity (Wildman–Crippen MR) is 63.0 cm³/mol. The third-order valence-corrected chi connectivity index (χ3v) is 2.11. The largest absolute Gasteiger partial charge is 0.467 e. The fourth-order valence-corrected chi connectivity index (χ4v) is 1.34. The van der Waals surface area contributed by atoms with Gasteiger partial charge in [-0.3, -0.25) is 4.98 Å². The minimum absolute atomic E-state index is 0.0885. The fraction of sp³-hybridized carbons (Fsp3) is 0.200. The van der Waals surface area contributed by atoms with E-state index < -0.39 is 0 Å². The third kappa shape index (κ3) is 3.25. The molecule has 88 valence electrons. The van der Waals surface area contributed by atoms with Gasteiger partial charge in [-0.25, -0.2) is 0 Å². The molecular formula is C10H10ClN5O. The maximum atomic E-state index is 5.72. The van der Waals surface area contributed by atoms with E-state index in [-0.39, 0.29) is 11.3 Å². The molecule has 0 saturated heterocycles. The summed E-state index contributed by atoms with van der Waals surface area (Å²) in [5.74, 6) is 0.366. The summed E-state index contributed by atoms with van der Waals surface area (Å²) in [6, 6.07) is 3.98. The molecule has 17 heavy (non-hydrogen) atoms. The van der Waals surface area contributed by atoms with Crippen LogP contribution in [0.3, 0.4) is 0 Å². The number of ether oxygens (including phenoxy) is 1. The molecule has 0 amide bonds. The van der Waals surface area contributed by atoms with Gasteiger partial charge in [-0.2, -0.15) is 15.0 Å². The van der Waals surface area contributed by atoms with Crippen molar-refractivity contribution in [3.05, 3.63) is 35.4 Å². The Hall–Kier alpha value is -1.95. The van der Waals surface area contributed by atoms with Crippen LogP contribution >= 0.6 is 11.6 Å². The van der Waals surface area contributed by atoms with Gasteiger partial charge in [0, 0.05) is 18.9 Å². The zero-order chi connectivity index (χ0) is 12.1. The molecule has 6 nitrogen and oxygen atoms in total. The normalized spacial score (nSPS) is 10.0. The molecule has 1 N–H and O–H groups in total. The lowest BCUT2D eigenvalue weighted by molar-refractivity contribution is 0.379. The Balaban J connectivity index is 2.06. The highest BCUT2D eigenvalue weighted by molar-refractivity contribution is 6.28. The van der Waals surface area contributed by atoms with Crippen LogP contribution in [0.1, 0.15) is 5.56 Å². The minimum Gasteiger partial charge on any atom is -0.467 e. The molecule has 0 unspecified atom stereocenters. The van der Waals surface area contributed by atoms with Crippen LogP contribution in [0.4, 0.5) is 5.95 Å². The van der Waals surface area contributed by atoms with E-state index >= 15 is 0 Å². The van der Waals surface area contributed by atoms with Gasteiger partial charge in [-0.1, -0.05) is 6.07 Å². The molecule has 0 bridgehead atoms. The number of halogens is 1. The van der Waals surface area contributed by atoms with E-state index in [2.05, 4.69) is 25.3 Å². The average molecular weight is 252 g/mol. The molecule has 0 atom stereocenters. The molecule has 0 aliphatic carbocycles. The van der Waals surface area contributed by atoms with Crippen LogP contribution in [-0.2, 0) is 6.54 Å². The van der Waals surface area contributed by atoms with Crippen molar-refractivity contribution >= 4 is 17.5 Å². The highest BCUT2D eigenvalue weighted by Gasteiger charge is 2.04. The predicted octanol–water partition coefficient (Wildman–Crippen LogP) is 1.54. The number of nitrogens with one attached hydrogen (secondary N) is 1. The third-order valence-electron chi connectivity index (χ3n) is 1.94. The van der Waals surface area contributed by atoms with Gasteiger partial charge in [-0.05, 0) is 23.2 Å². The van der Waals surface area contributed by atoms with E-state index in [1.165, 1.54) is 7.11 Å². The summed E-state index contributed by atoms with van der Waals surface area (Å²) in [4.78, 5) is 15.7. The van der Waals surface area contributed by atoms with E-state index in [9.17, 15) is 0 Å². The van der Waals surface area contributed by atoms with Crippen LogP contribution in [0.25, 0.3) is 0 Å². The number of hydrogen-bond donors (Lipinski definition) is 1. The first-order valence-electron chi connectivity index (χ1n) is 4.86. The summed E-state index contributed by atoms with van der Waals surface area (Å²) in [6.07, 6.45) is 3.47. The number of hydrogen-bond acceptors (Lipinski definition) is 6. The smallest absolute Gasteiger partial charge is 0.322 e. The molecule has 7 heteroatoms. The van der Waals surface area contributed by atoms with Crippen molar-refractivity contribution in [2.75, 3.05) is 12.4 Å². The van der Waals surface area contributed by atoms with Crippen LogP contribution in [0.5, 0.6) is 6.01 Å². The zero-order valence-electron chi connectivity index (χ0n) is 9.09. The number of methoxy groups -OCH3 is 1. The van der Waals surface area contributed by atoms with Crippen LogP contribution in [0.2, 0.25) is 5.28 Å². The van der Waals surface area contributed by atoms with Gasteiger partial charge in [0.1, 0.15) is 0 Å². The van der Waals surface area contributed by atoms with Crippen LogP contribution in [0.15, 0.2) is 24.5 Å². The van der Waals surface area contributed by atoms with Gasteiger partial charge in [-0.15, -0.1) is 0 Å². The number of nitrogens with zero attached hydrogens (tertiary/aromatic N) is 4. The van der Waals surface area contributed by atoms with Crippen LogP contribution < -0.4 is 10.1 Å². The summed E-state index contributed by atoms with van der Waals surface area (Å²) in [7, 11) is 1.47. The van der Waals surface area contributed by atoms with Gasteiger partial charge in [0.2, 0.25) is 11.2 Å². The molecule has 0 spiro atoms. The lowest BCUT2D eigenvalue weighted by Gasteiger charge is -2.05. The van der Waals surface area contributed by atoms with Gasteiger partial charge < -0.3 is 10.1 Å². The highest BCUT2D eigenvalue weighted by Crippen LogP contribution is 2.11. The first-order valence-corrected chi connectivity index (χ1v) is 5.24. The SMILES string of the molecule is COc1nc(Cl)nc(NCc2cccnc2)n1. The van der Waals surface area contributed by atoms with Crippen LogP contribution in [0, 0.1) is 0 Å². The average Bonchev–Trinajstić information content (AvgIpc) is 2.37. The second-order valence-corrected chi connectivity index (χ2v) is 3.47. The molecule has 0 radical (unpaired) electrons. The Morgan fingerprint density at radius 3 is 2.94 bits per heavy atom. The van der Waals surface area contributed by atoms with Crippen LogP contribution in [-0.4, -0.2) is 27.0 Å². The number of aromatic nitrogens is 4. The van der Waals surface area contributed by atoms with E-state index in [1.807, 2.05) is 12.1 Å². The Kier molecular flexibility index (Phi) is 3.66. The minimum atomic E-state index is 0.0885. The molecule has 2 aromatic heterocycles. The van der Waals surface area contributed by atoms with E-state index in [4.69, 9.17) is 16.3 Å². The number of anilines is 1. The second kappa shape index (κ2) is 5.40. The lowest BCUT2D eigenvalue weighted by atomic mass is 10.3. The summed E-state index contributed by atoms with van der Waals surface area (Å²) < 4.78 is 4.89. The molecule has 0 fully saturated rings. The zero-order valence-corrected chi connectivity index (χ0v) is 9.85. The fourth-order valence-electron chi connectivity index (χ4n) is 1.19. The summed E-state index contributed by atoms with van der Waals surface area (Å²) in [6.45, 7) is 0.553. The van der Waals surface area contributed by atoms with Crippen molar-refractivity contribution in [3.8, 4) is 6.01 Å². The van der Waals surface area contributed by atoms with Gasteiger partial charge in [0.05, 0.1) is 7.11 Å². The Morgan fingerprint density at radius 1 is 1.35 bits per heavy atom. The molecular weight excluding hydrogens is 242 g/mol. The molecule has 2 aromatic rings. The molecule has 2 rings (SSSR count). The maximum Gasteiger partial charge on any atom is 0.322 e. The van der Waals surface area contributed by atoms with Crippen molar-refractivity contribution in [3.63, 3.8) is 0 Å². The first-order chi connectivity index (χ1) is 8.28. The topological polar surface area (TPSA) is 72.8 Å². The van der Waals surface area contributed by atoms with Crippen molar-refractivity contribution in [1.29, 1.82) is 0 Å². The summed E-state index contributed by atoms with van der Waals surface area (Å²) in [5, 5.41) is 3.10. The van der Waals surface area contributed by atoms with Crippen molar-refractivity contribution in [1.82, 2.24) is 19.9 Å². The van der Waals surface area contributed by atoms with Crippen molar-refractivity contribution in [2.24, 2.45) is 0 Å². The van der Waals surface area contributed by atoms with E-state index in [1.54, 1.807) is 12.4 Å². The quantitative estimate of drug-likeness (QED) is 0.889. The summed E-state index contributed by atoms with van der Waals surface area (Å²) in [5.41, 5.74) is 1.02. The standard InChI is InChI=1S/C10H10ClN5O/c1-17-10-15-8(11)14-9(16-10)13-6-7-3-2-4-12-5-7/h2-5H,6H2,1H3,(H,13,14,15,16). The van der Waals surface area contributed by atoms with Gasteiger partial charge in [0.15, 0.2) is 0 Å². The molecule has 0 aliphatic heterocycles. The van der Waals surface area contributed by atoms with E-state index in [0.717, 1.165) is 5.56 Å². The number of rotatable bonds is 4. The van der Waals surface area contributed by atoms with Crippen molar-refractivity contribution in [2.45, 2.75) is 6.54 Å². The number of pyridine rings is 1. The Bertz CT molecular complexity index is 493. The van der Waals surface area contributed by atoms with Crippen molar-refractivity contribution < 1.29 is 4.74 Å². The first kappa shape index (κ1) is 11.5. The Morgan fingerprint density at radius 2 is 2.24 bits per heavy atom. The van der Waals surface area contributed by atoms with Gasteiger partial charge in [0.25, 0.3) is 0 Å². The highest BCUT2D eigenvalue weighted by atomic mass is 35.5. The molecule has 0 aromatic carbocycles. The lowest BCUT2D eigenvalue weighted by Crippen LogP contribution is -2.06. The molecule has 0 saturated carbocycles. The maximum absolute atomic E-state index is 5.72. The Labute approximate surface area is 103 Å². The second-order valence-electron chi connectivity index (χ2n) is 3.13. The molecule has 0 aliphatic rings. The van der Waals surface area contributed by atoms with Gasteiger partial charge >= 0.3 is 6.01 Å². The summed E-state index contributed by atoms with van der Waals surface area (Å²) >= 11 is 5.72. The van der Waals surface area contributed by atoms with E-state index in [0.29, 0.717) is 12.5 Å². The monoisotopic (exact) mass is 251 g/mol.